The first kappa shape index (κ1) is 19.8. The third kappa shape index (κ3) is 5.12. The molecule has 150 valence electrons. The Morgan fingerprint density at radius 3 is 2.67 bits per heavy atom. The number of carbonyl (C=O) groups excluding carboxylic acids is 1. The van der Waals surface area contributed by atoms with Crippen LogP contribution < -0.4 is 10.1 Å². The Morgan fingerprint density at radius 1 is 1.00 bits per heavy atom. The largest absolute Gasteiger partial charge is 0.456 e. The van der Waals surface area contributed by atoms with Crippen molar-refractivity contribution >= 4 is 21.8 Å². The summed E-state index contributed by atoms with van der Waals surface area (Å²) in [5.41, 5.74) is 2.58. The Kier molecular flexibility index (Phi) is 6.20. The maximum atomic E-state index is 12.8. The van der Waals surface area contributed by atoms with Crippen molar-refractivity contribution < 1.29 is 9.53 Å². The van der Waals surface area contributed by atoms with Crippen LogP contribution in [0.1, 0.15) is 21.5 Å². The predicted molar refractivity (Wildman–Crippen MR) is 117 cm³/mol. The first-order valence-electron chi connectivity index (χ1n) is 9.38. The summed E-state index contributed by atoms with van der Waals surface area (Å²) in [4.78, 5) is 16.8. The molecule has 0 radical (unpaired) electrons. The molecule has 0 aliphatic carbocycles. The molecule has 7 heteroatoms. The molecule has 1 amide bonds. The lowest BCUT2D eigenvalue weighted by Gasteiger charge is -2.12. The normalized spacial score (nSPS) is 10.6. The van der Waals surface area contributed by atoms with Gasteiger partial charge in [0.15, 0.2) is 0 Å². The van der Waals surface area contributed by atoms with Gasteiger partial charge in [-0.3, -0.25) is 4.79 Å². The molecule has 0 atom stereocenters. The van der Waals surface area contributed by atoms with Gasteiger partial charge in [-0.15, -0.1) is 0 Å². The molecule has 0 aliphatic rings. The Morgan fingerprint density at radius 2 is 1.83 bits per heavy atom. The summed E-state index contributed by atoms with van der Waals surface area (Å²) in [5.74, 6) is 0.973. The molecule has 30 heavy (non-hydrogen) atoms. The Bertz CT molecular complexity index is 1150. The van der Waals surface area contributed by atoms with Gasteiger partial charge in [0.05, 0.1) is 12.1 Å². The average molecular weight is 463 g/mol. The summed E-state index contributed by atoms with van der Waals surface area (Å²) in [6.07, 6.45) is 3.19. The summed E-state index contributed by atoms with van der Waals surface area (Å²) in [5, 5.41) is 7.10. The number of nitrogens with zero attached hydrogens (tertiary/aromatic N) is 3. The zero-order valence-electron chi connectivity index (χ0n) is 16.0. The minimum absolute atomic E-state index is 0.192. The Balaban J connectivity index is 1.43. The summed E-state index contributed by atoms with van der Waals surface area (Å²) in [7, 11) is 0. The van der Waals surface area contributed by atoms with Gasteiger partial charge in [0.1, 0.15) is 24.2 Å². The van der Waals surface area contributed by atoms with E-state index in [0.29, 0.717) is 30.2 Å². The van der Waals surface area contributed by atoms with Crippen LogP contribution in [-0.2, 0) is 13.1 Å². The minimum atomic E-state index is -0.192. The van der Waals surface area contributed by atoms with Gasteiger partial charge in [-0.05, 0) is 41.5 Å². The summed E-state index contributed by atoms with van der Waals surface area (Å²) in [6.45, 7) is 1.04. The van der Waals surface area contributed by atoms with Crippen LogP contribution in [0.5, 0.6) is 11.5 Å². The molecular formula is C23H19BrN4O2. The first-order chi connectivity index (χ1) is 14.7. The van der Waals surface area contributed by atoms with Crippen LogP contribution in [0.15, 0.2) is 89.9 Å². The summed E-state index contributed by atoms with van der Waals surface area (Å²) < 4.78 is 8.60. The van der Waals surface area contributed by atoms with Gasteiger partial charge in [-0.2, -0.15) is 5.10 Å². The van der Waals surface area contributed by atoms with E-state index in [1.165, 1.54) is 6.33 Å². The van der Waals surface area contributed by atoms with Gasteiger partial charge in [0.2, 0.25) is 0 Å². The Labute approximate surface area is 182 Å². The Hall–Kier alpha value is -3.45. The van der Waals surface area contributed by atoms with Crippen LogP contribution in [0.4, 0.5) is 0 Å². The van der Waals surface area contributed by atoms with E-state index < -0.39 is 0 Å². The van der Waals surface area contributed by atoms with Crippen LogP contribution in [0.25, 0.3) is 0 Å². The number of nitrogens with one attached hydrogen (secondary N) is 1. The molecule has 1 N–H and O–H groups in total. The SMILES string of the molecule is O=C(NCc1cccc(Cn2cncn2)c1)c1ccccc1Oc1cccc(Br)c1. The lowest BCUT2D eigenvalue weighted by atomic mass is 10.1. The van der Waals surface area contributed by atoms with Crippen molar-refractivity contribution in [2.24, 2.45) is 0 Å². The summed E-state index contributed by atoms with van der Waals surface area (Å²) >= 11 is 3.43. The van der Waals surface area contributed by atoms with Gasteiger partial charge in [0, 0.05) is 11.0 Å². The van der Waals surface area contributed by atoms with Gasteiger partial charge < -0.3 is 10.1 Å². The monoisotopic (exact) mass is 462 g/mol. The van der Waals surface area contributed by atoms with E-state index in [4.69, 9.17) is 4.74 Å². The first-order valence-corrected chi connectivity index (χ1v) is 10.2. The molecule has 1 aromatic heterocycles. The number of amides is 1. The number of hydrogen-bond donors (Lipinski definition) is 1. The molecule has 4 rings (SSSR count). The lowest BCUT2D eigenvalue weighted by Crippen LogP contribution is -2.23. The maximum Gasteiger partial charge on any atom is 0.255 e. The highest BCUT2D eigenvalue weighted by atomic mass is 79.9. The highest BCUT2D eigenvalue weighted by Crippen LogP contribution is 2.27. The zero-order valence-corrected chi connectivity index (χ0v) is 17.6. The maximum absolute atomic E-state index is 12.8. The van der Waals surface area contributed by atoms with E-state index in [0.717, 1.165) is 15.6 Å². The molecule has 0 unspecified atom stereocenters. The second-order valence-electron chi connectivity index (χ2n) is 6.65. The molecule has 0 saturated heterocycles. The molecule has 0 aliphatic heterocycles. The number of benzene rings is 3. The van der Waals surface area contributed by atoms with Crippen molar-refractivity contribution in [1.29, 1.82) is 0 Å². The third-order valence-corrected chi connectivity index (χ3v) is 4.90. The number of halogens is 1. The molecule has 0 spiro atoms. The number of ether oxygens (including phenoxy) is 1. The smallest absolute Gasteiger partial charge is 0.255 e. The number of rotatable bonds is 7. The van der Waals surface area contributed by atoms with Crippen LogP contribution in [0.2, 0.25) is 0 Å². The predicted octanol–water partition coefficient (Wildman–Crippen LogP) is 4.81. The summed E-state index contributed by atoms with van der Waals surface area (Å²) in [6, 6.07) is 22.7. The second kappa shape index (κ2) is 9.37. The molecule has 3 aromatic carbocycles. The van der Waals surface area contributed by atoms with Crippen LogP contribution in [-0.4, -0.2) is 20.7 Å². The van der Waals surface area contributed by atoms with Crippen molar-refractivity contribution in [3.8, 4) is 11.5 Å². The number of hydrogen-bond acceptors (Lipinski definition) is 4. The van der Waals surface area contributed by atoms with E-state index in [2.05, 4.69) is 31.3 Å². The number of carbonyl (C=O) groups is 1. The van der Waals surface area contributed by atoms with E-state index in [-0.39, 0.29) is 5.91 Å². The van der Waals surface area contributed by atoms with Crippen molar-refractivity contribution in [2.45, 2.75) is 13.1 Å². The van der Waals surface area contributed by atoms with Crippen molar-refractivity contribution in [3.05, 3.63) is 107 Å². The fraction of sp³-hybridized carbons (Fsp3) is 0.0870. The fourth-order valence-electron chi connectivity index (χ4n) is 3.02. The molecular weight excluding hydrogens is 444 g/mol. The van der Waals surface area contributed by atoms with E-state index in [1.807, 2.05) is 60.7 Å². The molecule has 1 heterocycles. The minimum Gasteiger partial charge on any atom is -0.456 e. The van der Waals surface area contributed by atoms with Gasteiger partial charge in [-0.1, -0.05) is 58.4 Å². The zero-order chi connectivity index (χ0) is 20.8. The van der Waals surface area contributed by atoms with E-state index in [9.17, 15) is 4.79 Å². The van der Waals surface area contributed by atoms with E-state index >= 15 is 0 Å². The van der Waals surface area contributed by atoms with Gasteiger partial charge in [0.25, 0.3) is 5.91 Å². The standard InChI is InChI=1S/C23H19BrN4O2/c24-19-7-4-8-20(12-19)30-22-10-2-1-9-21(22)23(29)26-13-17-5-3-6-18(11-17)14-28-16-25-15-27-28/h1-12,15-16H,13-14H2,(H,26,29). The molecule has 0 bridgehead atoms. The number of para-hydroxylation sites is 1. The van der Waals surface area contributed by atoms with Gasteiger partial charge in [-0.25, -0.2) is 9.67 Å². The third-order valence-electron chi connectivity index (χ3n) is 4.41. The second-order valence-corrected chi connectivity index (χ2v) is 7.57. The van der Waals surface area contributed by atoms with Gasteiger partial charge >= 0.3 is 0 Å². The number of aromatic nitrogens is 3. The lowest BCUT2D eigenvalue weighted by molar-refractivity contribution is 0.0948. The quantitative estimate of drug-likeness (QED) is 0.427. The van der Waals surface area contributed by atoms with Crippen molar-refractivity contribution in [2.75, 3.05) is 0 Å². The van der Waals surface area contributed by atoms with E-state index in [1.54, 1.807) is 23.1 Å². The topological polar surface area (TPSA) is 69.0 Å². The van der Waals surface area contributed by atoms with Crippen molar-refractivity contribution in [1.82, 2.24) is 20.1 Å². The molecule has 0 saturated carbocycles. The highest BCUT2D eigenvalue weighted by molar-refractivity contribution is 9.10. The fourth-order valence-corrected chi connectivity index (χ4v) is 3.40. The van der Waals surface area contributed by atoms with Crippen molar-refractivity contribution in [3.63, 3.8) is 0 Å². The highest BCUT2D eigenvalue weighted by Gasteiger charge is 2.13. The van der Waals surface area contributed by atoms with Crippen LogP contribution in [0, 0.1) is 0 Å². The van der Waals surface area contributed by atoms with Crippen LogP contribution >= 0.6 is 15.9 Å². The molecule has 6 nitrogen and oxygen atoms in total. The molecule has 0 fully saturated rings. The molecule has 4 aromatic rings. The van der Waals surface area contributed by atoms with Crippen LogP contribution in [0.3, 0.4) is 0 Å². The average Bonchev–Trinajstić information content (AvgIpc) is 3.26.